The van der Waals surface area contributed by atoms with E-state index in [4.69, 9.17) is 0 Å². The number of carbonyl (C=O) groups is 3. The van der Waals surface area contributed by atoms with Crippen molar-refractivity contribution < 1.29 is 34.8 Å². The summed E-state index contributed by atoms with van der Waals surface area (Å²) in [5.41, 5.74) is -0.955. The van der Waals surface area contributed by atoms with E-state index in [0.29, 0.717) is 24.1 Å². The maximum atomic E-state index is 13.9. The van der Waals surface area contributed by atoms with Gasteiger partial charge in [0.05, 0.1) is 5.56 Å². The third-order valence-electron chi connectivity index (χ3n) is 8.55. The number of Topliss-reactive ketones (excluding diaryl/α,β-unsaturated/α-hetero) is 3. The standard InChI is InChI=1S/C28H34N2O7/c1-14(31)21-20(32)12-17-9-15-10-18-19(29(2)3)11-16(13-30-7-5-4-6-8-30)24(33)23(18)25(34)22(15)27(36)28(17,37)26(21)35/h11,15,17,32-33,36-37H,4-10,12-13H2,1-3H3/t15?,17?,28-/m1/s1. The van der Waals surface area contributed by atoms with E-state index in [-0.39, 0.29) is 29.7 Å². The smallest absolute Gasteiger partial charge is 0.209 e. The molecule has 0 amide bonds. The molecule has 1 aliphatic heterocycles. The van der Waals surface area contributed by atoms with Crippen molar-refractivity contribution in [3.8, 4) is 5.75 Å². The van der Waals surface area contributed by atoms with Gasteiger partial charge in [-0.15, -0.1) is 0 Å². The van der Waals surface area contributed by atoms with Crippen LogP contribution >= 0.6 is 0 Å². The van der Waals surface area contributed by atoms with Gasteiger partial charge < -0.3 is 25.3 Å². The van der Waals surface area contributed by atoms with Crippen molar-refractivity contribution in [2.24, 2.45) is 11.8 Å². The van der Waals surface area contributed by atoms with Crippen molar-refractivity contribution in [2.45, 2.75) is 57.6 Å². The van der Waals surface area contributed by atoms with Gasteiger partial charge >= 0.3 is 0 Å². The molecule has 4 aliphatic rings. The van der Waals surface area contributed by atoms with Gasteiger partial charge in [0.2, 0.25) is 5.78 Å². The zero-order valence-corrected chi connectivity index (χ0v) is 21.5. The minimum atomic E-state index is -2.47. The molecule has 1 fully saturated rings. The van der Waals surface area contributed by atoms with Crippen LogP contribution in [0.5, 0.6) is 5.75 Å². The molecule has 9 nitrogen and oxygen atoms in total. The highest BCUT2D eigenvalue weighted by Crippen LogP contribution is 2.52. The van der Waals surface area contributed by atoms with Gasteiger partial charge in [-0.1, -0.05) is 6.42 Å². The van der Waals surface area contributed by atoms with Gasteiger partial charge in [-0.3, -0.25) is 19.3 Å². The number of aliphatic hydroxyl groups is 3. The average Bonchev–Trinajstić information content (AvgIpc) is 2.83. The van der Waals surface area contributed by atoms with E-state index < -0.39 is 51.9 Å². The van der Waals surface area contributed by atoms with Gasteiger partial charge in [-0.25, -0.2) is 0 Å². The van der Waals surface area contributed by atoms with Gasteiger partial charge in [0.1, 0.15) is 22.8 Å². The summed E-state index contributed by atoms with van der Waals surface area (Å²) in [6.45, 7) is 3.41. The molecule has 2 unspecified atom stereocenters. The second-order valence-electron chi connectivity index (χ2n) is 11.1. The number of piperidine rings is 1. The van der Waals surface area contributed by atoms with E-state index in [1.165, 1.54) is 6.42 Å². The number of benzene rings is 1. The number of hydrogen-bond donors (Lipinski definition) is 4. The number of rotatable bonds is 4. The number of likely N-dealkylation sites (tertiary alicyclic amines) is 1. The summed E-state index contributed by atoms with van der Waals surface area (Å²) in [4.78, 5) is 43.3. The predicted molar refractivity (Wildman–Crippen MR) is 136 cm³/mol. The van der Waals surface area contributed by atoms with Gasteiger partial charge in [0.15, 0.2) is 17.2 Å². The summed E-state index contributed by atoms with van der Waals surface area (Å²) in [6.07, 6.45) is 3.64. The molecule has 0 spiro atoms. The van der Waals surface area contributed by atoms with E-state index in [9.17, 15) is 34.8 Å². The number of carbonyl (C=O) groups excluding carboxylic acids is 3. The van der Waals surface area contributed by atoms with Crippen LogP contribution in [0.15, 0.2) is 28.7 Å². The highest BCUT2D eigenvalue weighted by atomic mass is 16.3. The topological polar surface area (TPSA) is 139 Å². The lowest BCUT2D eigenvalue weighted by molar-refractivity contribution is -0.144. The molecule has 37 heavy (non-hydrogen) atoms. The Kier molecular flexibility index (Phi) is 6.19. The molecule has 0 aromatic heterocycles. The summed E-state index contributed by atoms with van der Waals surface area (Å²) in [7, 11) is 3.74. The first kappa shape index (κ1) is 25.5. The number of aliphatic hydroxyl groups excluding tert-OH is 2. The summed E-state index contributed by atoms with van der Waals surface area (Å²) in [5, 5.41) is 44.5. The summed E-state index contributed by atoms with van der Waals surface area (Å²) < 4.78 is 0. The Hall–Kier alpha value is -3.17. The number of aromatic hydroxyl groups is 1. The van der Waals surface area contributed by atoms with Crippen LogP contribution in [0.3, 0.4) is 0 Å². The Balaban J connectivity index is 1.64. The van der Waals surface area contributed by atoms with Gasteiger partial charge in [0.25, 0.3) is 0 Å². The molecule has 0 bridgehead atoms. The van der Waals surface area contributed by atoms with Crippen molar-refractivity contribution in [3.05, 3.63) is 45.4 Å². The number of phenolic OH excluding ortho intramolecular Hbond substituents is 1. The molecule has 4 N–H and O–H groups in total. The predicted octanol–water partition coefficient (Wildman–Crippen LogP) is 2.74. The van der Waals surface area contributed by atoms with E-state index in [0.717, 1.165) is 38.5 Å². The van der Waals surface area contributed by atoms with Crippen molar-refractivity contribution in [2.75, 3.05) is 32.1 Å². The number of nitrogens with zero attached hydrogens (tertiary/aromatic N) is 2. The third kappa shape index (κ3) is 3.78. The molecule has 1 heterocycles. The maximum Gasteiger partial charge on any atom is 0.209 e. The molecule has 0 radical (unpaired) electrons. The Morgan fingerprint density at radius 2 is 1.78 bits per heavy atom. The quantitative estimate of drug-likeness (QED) is 0.450. The van der Waals surface area contributed by atoms with Crippen molar-refractivity contribution in [1.82, 2.24) is 4.90 Å². The number of phenols is 1. The Bertz CT molecular complexity index is 1270. The van der Waals surface area contributed by atoms with Crippen LogP contribution in [0.2, 0.25) is 0 Å². The number of hydrogen-bond acceptors (Lipinski definition) is 9. The fourth-order valence-corrected chi connectivity index (χ4v) is 6.71. The van der Waals surface area contributed by atoms with E-state index in [2.05, 4.69) is 4.90 Å². The fraction of sp³-hybridized carbons (Fsp3) is 0.536. The summed E-state index contributed by atoms with van der Waals surface area (Å²) in [6, 6.07) is 1.92. The van der Waals surface area contributed by atoms with E-state index in [1.54, 1.807) is 0 Å². The number of allylic oxidation sites excluding steroid dienone is 2. The second-order valence-corrected chi connectivity index (χ2v) is 11.1. The van der Waals surface area contributed by atoms with E-state index >= 15 is 0 Å². The largest absolute Gasteiger partial charge is 0.511 e. The van der Waals surface area contributed by atoms with Crippen LogP contribution in [0.4, 0.5) is 5.69 Å². The second kappa shape index (κ2) is 8.99. The van der Waals surface area contributed by atoms with Crippen molar-refractivity contribution in [1.29, 1.82) is 0 Å². The van der Waals surface area contributed by atoms with Crippen LogP contribution in [0, 0.1) is 11.8 Å². The molecule has 1 aromatic rings. The molecular formula is C28H34N2O7. The lowest BCUT2D eigenvalue weighted by Gasteiger charge is -2.46. The zero-order chi connectivity index (χ0) is 26.8. The Labute approximate surface area is 215 Å². The lowest BCUT2D eigenvalue weighted by atomic mass is 9.60. The molecule has 5 rings (SSSR count). The number of anilines is 1. The average molecular weight is 511 g/mol. The van der Waals surface area contributed by atoms with Crippen molar-refractivity contribution in [3.63, 3.8) is 0 Å². The van der Waals surface area contributed by atoms with Crippen LogP contribution in [-0.2, 0) is 22.6 Å². The van der Waals surface area contributed by atoms with Gasteiger partial charge in [0, 0.05) is 49.8 Å². The van der Waals surface area contributed by atoms with Crippen LogP contribution in [0.1, 0.15) is 60.5 Å². The minimum Gasteiger partial charge on any atom is -0.511 e. The molecule has 1 saturated heterocycles. The SMILES string of the molecule is CC(=O)C1=C(O)CC2CC3Cc4c(N(C)C)cc(CN5CCCCC5)c(O)c4C(=O)C3=C(O)[C@]2(O)C1=O. The fourth-order valence-electron chi connectivity index (χ4n) is 6.71. The highest BCUT2D eigenvalue weighted by molar-refractivity contribution is 6.25. The summed E-state index contributed by atoms with van der Waals surface area (Å²) >= 11 is 0. The minimum absolute atomic E-state index is 0.0894. The molecule has 3 aliphatic carbocycles. The third-order valence-corrected chi connectivity index (χ3v) is 8.55. The van der Waals surface area contributed by atoms with Crippen LogP contribution < -0.4 is 4.90 Å². The Morgan fingerprint density at radius 3 is 2.41 bits per heavy atom. The van der Waals surface area contributed by atoms with Gasteiger partial charge in [-0.2, -0.15) is 0 Å². The highest BCUT2D eigenvalue weighted by Gasteiger charge is 2.59. The van der Waals surface area contributed by atoms with Gasteiger partial charge in [-0.05, 0) is 63.2 Å². The first-order valence-electron chi connectivity index (χ1n) is 12.9. The molecule has 0 saturated carbocycles. The normalized spacial score (nSPS) is 28.1. The lowest BCUT2D eigenvalue weighted by Crippen LogP contribution is -2.56. The van der Waals surface area contributed by atoms with Crippen LogP contribution in [0.25, 0.3) is 0 Å². The molecular weight excluding hydrogens is 476 g/mol. The van der Waals surface area contributed by atoms with Crippen LogP contribution in [-0.4, -0.2) is 75.5 Å². The first-order valence-corrected chi connectivity index (χ1v) is 12.9. The zero-order valence-electron chi connectivity index (χ0n) is 21.5. The summed E-state index contributed by atoms with van der Waals surface area (Å²) in [5.74, 6) is -5.14. The molecule has 198 valence electrons. The molecule has 1 aromatic carbocycles. The van der Waals surface area contributed by atoms with E-state index in [1.807, 2.05) is 25.1 Å². The maximum absolute atomic E-state index is 13.9. The molecule has 3 atom stereocenters. The Morgan fingerprint density at radius 1 is 1.11 bits per heavy atom. The monoisotopic (exact) mass is 510 g/mol. The number of fused-ring (bicyclic) bond motifs is 3. The molecule has 9 heteroatoms. The van der Waals surface area contributed by atoms with Crippen molar-refractivity contribution >= 4 is 23.0 Å². The number of ketones is 3. The first-order chi connectivity index (χ1) is 17.5.